The molecule has 0 aromatic heterocycles. The topological polar surface area (TPSA) is 75.3 Å². The molecule has 0 aliphatic carbocycles. The maximum Gasteiger partial charge on any atom is 0.240 e. The number of carbonyl (C=O) groups excluding carboxylic acids is 1. The molecule has 0 bridgehead atoms. The molecule has 1 amide bonds. The lowest BCUT2D eigenvalue weighted by molar-refractivity contribution is -0.116. The van der Waals surface area contributed by atoms with Gasteiger partial charge in [-0.1, -0.05) is 58.0 Å². The Morgan fingerprint density at radius 3 is 1.93 bits per heavy atom. The molecule has 6 heteroatoms. The number of nitrogens with one attached hydrogen (secondary N) is 2. The van der Waals surface area contributed by atoms with Gasteiger partial charge in [0, 0.05) is 12.1 Å². The summed E-state index contributed by atoms with van der Waals surface area (Å²) in [4.78, 5) is 12.8. The Kier molecular flexibility index (Phi) is 7.38. The predicted molar refractivity (Wildman–Crippen MR) is 114 cm³/mol. The third kappa shape index (κ3) is 5.42. The van der Waals surface area contributed by atoms with Gasteiger partial charge in [0.2, 0.25) is 15.9 Å². The van der Waals surface area contributed by atoms with Crippen molar-refractivity contribution in [2.45, 2.75) is 57.3 Å². The Bertz CT molecular complexity index is 891. The summed E-state index contributed by atoms with van der Waals surface area (Å²) in [7, 11) is -2.06. The molecule has 2 aromatic rings. The van der Waals surface area contributed by atoms with E-state index in [1.807, 2.05) is 6.07 Å². The molecule has 0 spiro atoms. The lowest BCUT2D eigenvalue weighted by Gasteiger charge is -2.20. The molecule has 0 unspecified atom stereocenters. The Morgan fingerprint density at radius 2 is 1.46 bits per heavy atom. The first-order valence-corrected chi connectivity index (χ1v) is 11.1. The molecule has 152 valence electrons. The molecule has 0 aliphatic rings. The quantitative estimate of drug-likeness (QED) is 0.687. The molecule has 2 N–H and O–H groups in total. The van der Waals surface area contributed by atoms with Crippen LogP contribution in [0.25, 0.3) is 0 Å². The van der Waals surface area contributed by atoms with E-state index in [2.05, 4.69) is 49.9 Å². The van der Waals surface area contributed by atoms with Crippen LogP contribution >= 0.6 is 0 Å². The summed E-state index contributed by atoms with van der Waals surface area (Å²) in [6.45, 7) is 8.48. The van der Waals surface area contributed by atoms with E-state index in [-0.39, 0.29) is 10.8 Å². The Morgan fingerprint density at radius 1 is 0.929 bits per heavy atom. The monoisotopic (exact) mass is 402 g/mol. The maximum atomic E-state index is 12.6. The van der Waals surface area contributed by atoms with Crippen molar-refractivity contribution in [2.24, 2.45) is 0 Å². The first kappa shape index (κ1) is 22.1. The number of carbonyl (C=O) groups is 1. The first-order chi connectivity index (χ1) is 13.2. The van der Waals surface area contributed by atoms with Gasteiger partial charge in [-0.15, -0.1) is 0 Å². The normalized spacial score (nSPS) is 11.8. The van der Waals surface area contributed by atoms with Gasteiger partial charge in [0.15, 0.2) is 0 Å². The highest BCUT2D eigenvalue weighted by Gasteiger charge is 2.16. The molecule has 0 heterocycles. The summed E-state index contributed by atoms with van der Waals surface area (Å²) in [5.74, 6) is 0.591. The highest BCUT2D eigenvalue weighted by molar-refractivity contribution is 7.89. The standard InChI is InChI=1S/C22H30N2O3S/c1-15(2)19-7-6-8-20(16(3)4)22(19)24-21(25)14-11-17-9-12-18(13-10-17)28(26,27)23-5/h6-10,12-13,15-16,23H,11,14H2,1-5H3,(H,24,25). The van der Waals surface area contributed by atoms with Crippen molar-refractivity contribution < 1.29 is 13.2 Å². The van der Waals surface area contributed by atoms with Gasteiger partial charge >= 0.3 is 0 Å². The molecule has 5 nitrogen and oxygen atoms in total. The van der Waals surface area contributed by atoms with Crippen LogP contribution in [-0.2, 0) is 21.2 Å². The van der Waals surface area contributed by atoms with Gasteiger partial charge in [0.25, 0.3) is 0 Å². The molecule has 0 saturated carbocycles. The molecule has 0 radical (unpaired) electrons. The number of hydrogen-bond donors (Lipinski definition) is 2. The summed E-state index contributed by atoms with van der Waals surface area (Å²) in [5.41, 5.74) is 4.13. The molecular weight excluding hydrogens is 372 g/mol. The molecule has 0 saturated heterocycles. The van der Waals surface area contributed by atoms with E-state index in [1.54, 1.807) is 24.3 Å². The number of hydrogen-bond acceptors (Lipinski definition) is 3. The van der Waals surface area contributed by atoms with Gasteiger partial charge in [-0.2, -0.15) is 0 Å². The smallest absolute Gasteiger partial charge is 0.240 e. The van der Waals surface area contributed by atoms with Crippen LogP contribution in [0.3, 0.4) is 0 Å². The molecule has 0 aliphatic heterocycles. The fourth-order valence-corrected chi connectivity index (χ4v) is 3.84. The number of aryl methyl sites for hydroxylation is 1. The Balaban J connectivity index is 2.09. The second-order valence-corrected chi connectivity index (χ2v) is 9.41. The summed E-state index contributed by atoms with van der Waals surface area (Å²) >= 11 is 0. The summed E-state index contributed by atoms with van der Waals surface area (Å²) < 4.78 is 25.9. The third-order valence-corrected chi connectivity index (χ3v) is 6.21. The average Bonchev–Trinajstić information content (AvgIpc) is 2.66. The van der Waals surface area contributed by atoms with E-state index < -0.39 is 10.0 Å². The van der Waals surface area contributed by atoms with Gasteiger partial charge in [-0.3, -0.25) is 4.79 Å². The summed E-state index contributed by atoms with van der Waals surface area (Å²) in [6.07, 6.45) is 0.884. The second kappa shape index (κ2) is 9.34. The van der Waals surface area contributed by atoms with Crippen LogP contribution in [0.1, 0.15) is 62.6 Å². The highest BCUT2D eigenvalue weighted by atomic mass is 32.2. The van der Waals surface area contributed by atoms with Crippen molar-refractivity contribution in [3.63, 3.8) is 0 Å². The molecule has 28 heavy (non-hydrogen) atoms. The third-order valence-electron chi connectivity index (χ3n) is 4.78. The van der Waals surface area contributed by atoms with E-state index in [1.165, 1.54) is 7.05 Å². The zero-order valence-corrected chi connectivity index (χ0v) is 18.1. The number of rotatable bonds is 8. The summed E-state index contributed by atoms with van der Waals surface area (Å²) in [6, 6.07) is 12.8. The Hall–Kier alpha value is -2.18. The molecular formula is C22H30N2O3S. The van der Waals surface area contributed by atoms with E-state index >= 15 is 0 Å². The minimum Gasteiger partial charge on any atom is -0.326 e. The van der Waals surface area contributed by atoms with Crippen molar-refractivity contribution in [3.05, 3.63) is 59.2 Å². The zero-order chi connectivity index (χ0) is 20.9. The van der Waals surface area contributed by atoms with Gasteiger partial charge in [0.05, 0.1) is 4.90 Å². The van der Waals surface area contributed by atoms with Crippen molar-refractivity contribution in [1.29, 1.82) is 0 Å². The van der Waals surface area contributed by atoms with E-state index in [4.69, 9.17) is 0 Å². The van der Waals surface area contributed by atoms with Gasteiger partial charge in [-0.25, -0.2) is 13.1 Å². The SMILES string of the molecule is CNS(=O)(=O)c1ccc(CCC(=O)Nc2c(C(C)C)cccc2C(C)C)cc1. The minimum atomic E-state index is -3.44. The van der Waals surface area contributed by atoms with Gasteiger partial charge in [0.1, 0.15) is 0 Å². The lowest BCUT2D eigenvalue weighted by Crippen LogP contribution is -2.18. The predicted octanol–water partition coefficient (Wildman–Crippen LogP) is 4.41. The van der Waals surface area contributed by atoms with Crippen molar-refractivity contribution in [1.82, 2.24) is 4.72 Å². The largest absolute Gasteiger partial charge is 0.326 e. The van der Waals surface area contributed by atoms with E-state index in [0.29, 0.717) is 24.7 Å². The van der Waals surface area contributed by atoms with Gasteiger partial charge in [-0.05, 0) is 54.1 Å². The number of amides is 1. The van der Waals surface area contributed by atoms with E-state index in [9.17, 15) is 13.2 Å². The van der Waals surface area contributed by atoms with Gasteiger partial charge < -0.3 is 5.32 Å². The van der Waals surface area contributed by atoms with Crippen molar-refractivity contribution >= 4 is 21.6 Å². The zero-order valence-electron chi connectivity index (χ0n) is 17.2. The number of benzene rings is 2. The number of anilines is 1. The lowest BCUT2D eigenvalue weighted by atomic mass is 9.92. The summed E-state index contributed by atoms with van der Waals surface area (Å²) in [5, 5.41) is 3.11. The number of para-hydroxylation sites is 1. The first-order valence-electron chi connectivity index (χ1n) is 9.60. The van der Waals surface area contributed by atoms with Crippen LogP contribution < -0.4 is 10.0 Å². The average molecular weight is 403 g/mol. The van der Waals surface area contributed by atoms with Crippen LogP contribution in [-0.4, -0.2) is 21.4 Å². The molecule has 0 atom stereocenters. The molecule has 2 rings (SSSR count). The highest BCUT2D eigenvalue weighted by Crippen LogP contribution is 2.32. The minimum absolute atomic E-state index is 0.0399. The fourth-order valence-electron chi connectivity index (χ4n) is 3.11. The number of sulfonamides is 1. The van der Waals surface area contributed by atoms with Crippen LogP contribution in [0.15, 0.2) is 47.4 Å². The maximum absolute atomic E-state index is 12.6. The van der Waals surface area contributed by atoms with E-state index in [0.717, 1.165) is 22.4 Å². The molecule has 2 aromatic carbocycles. The van der Waals surface area contributed by atoms with Crippen molar-refractivity contribution in [3.8, 4) is 0 Å². The van der Waals surface area contributed by atoms with Crippen LogP contribution in [0.4, 0.5) is 5.69 Å². The van der Waals surface area contributed by atoms with Crippen LogP contribution in [0.5, 0.6) is 0 Å². The fraction of sp³-hybridized carbons (Fsp3) is 0.409. The second-order valence-electron chi connectivity index (χ2n) is 7.52. The van der Waals surface area contributed by atoms with Crippen LogP contribution in [0, 0.1) is 0 Å². The van der Waals surface area contributed by atoms with Crippen molar-refractivity contribution in [2.75, 3.05) is 12.4 Å². The Labute approximate surface area is 168 Å². The van der Waals surface area contributed by atoms with Crippen LogP contribution in [0.2, 0.25) is 0 Å². The molecule has 0 fully saturated rings.